The summed E-state index contributed by atoms with van der Waals surface area (Å²) in [6, 6.07) is 2.01. The molecule has 2 atom stereocenters. The Balaban J connectivity index is 1.98. The van der Waals surface area contributed by atoms with Crippen molar-refractivity contribution in [1.29, 1.82) is 0 Å². The number of halogens is 3. The molecule has 1 aromatic rings. The Bertz CT molecular complexity index is 546. The SMILES string of the molecule is C=C(C)CN=C(N)N[C@@H]1C[C@H]1c1cc(F)c(F)c(F)c1. The molecule has 0 heterocycles. The minimum Gasteiger partial charge on any atom is -0.370 e. The molecule has 1 aliphatic rings. The molecule has 1 fully saturated rings. The third-order valence-corrected chi connectivity index (χ3v) is 3.08. The monoisotopic (exact) mass is 283 g/mol. The number of nitrogens with one attached hydrogen (secondary N) is 1. The van der Waals surface area contributed by atoms with E-state index in [2.05, 4.69) is 16.9 Å². The lowest BCUT2D eigenvalue weighted by atomic mass is 10.1. The van der Waals surface area contributed by atoms with Gasteiger partial charge in [-0.2, -0.15) is 0 Å². The normalized spacial score (nSPS) is 21.7. The number of aliphatic imine (C=N–C) groups is 1. The number of nitrogens with zero attached hydrogens (tertiary/aromatic N) is 1. The van der Waals surface area contributed by atoms with Crippen molar-refractivity contribution in [1.82, 2.24) is 5.32 Å². The summed E-state index contributed by atoms with van der Waals surface area (Å²) in [7, 11) is 0. The average molecular weight is 283 g/mol. The van der Waals surface area contributed by atoms with Gasteiger partial charge in [0, 0.05) is 12.0 Å². The molecular formula is C14H16F3N3. The van der Waals surface area contributed by atoms with E-state index < -0.39 is 17.5 Å². The fourth-order valence-electron chi connectivity index (χ4n) is 1.97. The van der Waals surface area contributed by atoms with Crippen LogP contribution in [0.5, 0.6) is 0 Å². The van der Waals surface area contributed by atoms with Gasteiger partial charge in [0.25, 0.3) is 0 Å². The molecule has 1 saturated carbocycles. The molecule has 1 aromatic carbocycles. The lowest BCUT2D eigenvalue weighted by Crippen LogP contribution is -2.34. The first kappa shape index (κ1) is 14.4. The second-order valence-electron chi connectivity index (χ2n) is 5.05. The molecule has 3 nitrogen and oxygen atoms in total. The lowest BCUT2D eigenvalue weighted by molar-refractivity contribution is 0.445. The van der Waals surface area contributed by atoms with Crippen LogP contribution in [0.15, 0.2) is 29.3 Å². The number of hydrogen-bond acceptors (Lipinski definition) is 1. The Morgan fingerprint density at radius 1 is 1.40 bits per heavy atom. The van der Waals surface area contributed by atoms with Gasteiger partial charge in [-0.25, -0.2) is 18.2 Å². The van der Waals surface area contributed by atoms with Crippen molar-refractivity contribution < 1.29 is 13.2 Å². The third kappa shape index (κ3) is 3.31. The highest BCUT2D eigenvalue weighted by Crippen LogP contribution is 2.41. The van der Waals surface area contributed by atoms with Gasteiger partial charge in [-0.3, -0.25) is 0 Å². The number of guanidine groups is 1. The van der Waals surface area contributed by atoms with E-state index in [0.717, 1.165) is 17.7 Å². The molecule has 108 valence electrons. The van der Waals surface area contributed by atoms with Crippen LogP contribution in [0.4, 0.5) is 13.2 Å². The molecule has 0 saturated heterocycles. The van der Waals surface area contributed by atoms with Crippen molar-refractivity contribution in [3.63, 3.8) is 0 Å². The van der Waals surface area contributed by atoms with Crippen LogP contribution < -0.4 is 11.1 Å². The van der Waals surface area contributed by atoms with Gasteiger partial charge in [0.2, 0.25) is 0 Å². The highest BCUT2D eigenvalue weighted by Gasteiger charge is 2.39. The molecule has 2 rings (SSSR count). The van der Waals surface area contributed by atoms with Crippen LogP contribution in [0.1, 0.15) is 24.8 Å². The average Bonchev–Trinajstić information content (AvgIpc) is 3.12. The fraction of sp³-hybridized carbons (Fsp3) is 0.357. The summed E-state index contributed by atoms with van der Waals surface area (Å²) in [5.41, 5.74) is 6.98. The van der Waals surface area contributed by atoms with Gasteiger partial charge < -0.3 is 11.1 Å². The van der Waals surface area contributed by atoms with Crippen LogP contribution >= 0.6 is 0 Å². The Hall–Kier alpha value is -1.98. The predicted molar refractivity (Wildman–Crippen MR) is 71.9 cm³/mol. The van der Waals surface area contributed by atoms with Crippen LogP contribution in [0.25, 0.3) is 0 Å². The molecule has 3 N–H and O–H groups in total. The zero-order chi connectivity index (χ0) is 14.9. The quantitative estimate of drug-likeness (QED) is 0.386. The largest absolute Gasteiger partial charge is 0.370 e. The van der Waals surface area contributed by atoms with E-state index in [-0.39, 0.29) is 17.9 Å². The molecule has 0 amide bonds. The highest BCUT2D eigenvalue weighted by molar-refractivity contribution is 5.78. The van der Waals surface area contributed by atoms with Crippen molar-refractivity contribution >= 4 is 5.96 Å². The summed E-state index contributed by atoms with van der Waals surface area (Å²) in [4.78, 5) is 4.06. The zero-order valence-corrected chi connectivity index (χ0v) is 11.1. The summed E-state index contributed by atoms with van der Waals surface area (Å²) in [6.07, 6.45) is 0.674. The number of hydrogen-bond donors (Lipinski definition) is 2. The Labute approximate surface area is 115 Å². The maximum absolute atomic E-state index is 13.1. The Morgan fingerprint density at radius 3 is 2.55 bits per heavy atom. The van der Waals surface area contributed by atoms with E-state index >= 15 is 0 Å². The van der Waals surface area contributed by atoms with Gasteiger partial charge in [-0.1, -0.05) is 12.2 Å². The van der Waals surface area contributed by atoms with Gasteiger partial charge >= 0.3 is 0 Å². The van der Waals surface area contributed by atoms with Crippen molar-refractivity contribution in [2.75, 3.05) is 6.54 Å². The van der Waals surface area contributed by atoms with E-state index in [0.29, 0.717) is 18.5 Å². The summed E-state index contributed by atoms with van der Waals surface area (Å²) >= 11 is 0. The number of nitrogens with two attached hydrogens (primary N) is 1. The van der Waals surface area contributed by atoms with Crippen LogP contribution in [0.2, 0.25) is 0 Å². The van der Waals surface area contributed by atoms with Crippen LogP contribution in [0.3, 0.4) is 0 Å². The molecule has 0 spiro atoms. The van der Waals surface area contributed by atoms with Gasteiger partial charge in [0.05, 0.1) is 6.54 Å². The Kier molecular flexibility index (Phi) is 4.01. The van der Waals surface area contributed by atoms with Gasteiger partial charge in [0.1, 0.15) is 0 Å². The van der Waals surface area contributed by atoms with E-state index in [4.69, 9.17) is 5.73 Å². The summed E-state index contributed by atoms with van der Waals surface area (Å²) in [5.74, 6) is -3.60. The predicted octanol–water partition coefficient (Wildman–Crippen LogP) is 2.44. The second-order valence-corrected chi connectivity index (χ2v) is 5.05. The summed E-state index contributed by atoms with van der Waals surface area (Å²) in [5, 5.41) is 2.96. The lowest BCUT2D eigenvalue weighted by Gasteiger charge is -2.06. The van der Waals surface area contributed by atoms with Crippen LogP contribution in [-0.4, -0.2) is 18.5 Å². The molecule has 0 radical (unpaired) electrons. The van der Waals surface area contributed by atoms with Crippen LogP contribution in [-0.2, 0) is 0 Å². The maximum atomic E-state index is 13.1. The second kappa shape index (κ2) is 5.56. The van der Waals surface area contributed by atoms with Crippen molar-refractivity contribution in [3.8, 4) is 0 Å². The molecule has 6 heteroatoms. The minimum absolute atomic E-state index is 0.0341. The van der Waals surface area contributed by atoms with Gasteiger partial charge in [-0.15, -0.1) is 0 Å². The first-order valence-electron chi connectivity index (χ1n) is 6.23. The molecule has 20 heavy (non-hydrogen) atoms. The molecule has 0 bridgehead atoms. The van der Waals surface area contributed by atoms with Crippen LogP contribution in [0, 0.1) is 17.5 Å². The minimum atomic E-state index is -1.44. The first-order chi connectivity index (χ1) is 9.38. The highest BCUT2D eigenvalue weighted by atomic mass is 19.2. The summed E-state index contributed by atoms with van der Waals surface area (Å²) < 4.78 is 39.1. The molecule has 0 aliphatic heterocycles. The van der Waals surface area contributed by atoms with E-state index in [1.165, 1.54) is 0 Å². The zero-order valence-electron chi connectivity index (χ0n) is 11.1. The maximum Gasteiger partial charge on any atom is 0.194 e. The molecular weight excluding hydrogens is 267 g/mol. The van der Waals surface area contributed by atoms with Crippen molar-refractivity contribution in [3.05, 3.63) is 47.3 Å². The van der Waals surface area contributed by atoms with Gasteiger partial charge in [0.15, 0.2) is 23.4 Å². The first-order valence-corrected chi connectivity index (χ1v) is 6.23. The third-order valence-electron chi connectivity index (χ3n) is 3.08. The van der Waals surface area contributed by atoms with Gasteiger partial charge in [-0.05, 0) is 31.0 Å². The molecule has 0 unspecified atom stereocenters. The standard InChI is InChI=1S/C14H16F3N3/c1-7(2)6-19-14(18)20-12-5-9(12)8-3-10(15)13(17)11(16)4-8/h3-4,9,12H,1,5-6H2,2H3,(H3,18,19,20)/t9-,12+/m0/s1. The van der Waals surface area contributed by atoms with E-state index in [9.17, 15) is 13.2 Å². The summed E-state index contributed by atoms with van der Waals surface area (Å²) in [6.45, 7) is 5.96. The smallest absolute Gasteiger partial charge is 0.194 e. The Morgan fingerprint density at radius 2 is 2.00 bits per heavy atom. The molecule has 0 aromatic heterocycles. The van der Waals surface area contributed by atoms with E-state index in [1.807, 2.05) is 6.92 Å². The van der Waals surface area contributed by atoms with Crippen molar-refractivity contribution in [2.24, 2.45) is 10.7 Å². The topological polar surface area (TPSA) is 50.4 Å². The number of benzene rings is 1. The molecule has 1 aliphatic carbocycles. The number of rotatable bonds is 4. The van der Waals surface area contributed by atoms with E-state index in [1.54, 1.807) is 0 Å². The fourth-order valence-corrected chi connectivity index (χ4v) is 1.97. The van der Waals surface area contributed by atoms with Crippen molar-refractivity contribution in [2.45, 2.75) is 25.3 Å².